The Morgan fingerprint density at radius 1 is 0.364 bits per heavy atom. The lowest BCUT2D eigenvalue weighted by Gasteiger charge is -2.24. The molecule has 13 aromatic rings. The van der Waals surface area contributed by atoms with E-state index in [1.54, 1.807) is 0 Å². The minimum atomic E-state index is -0.317. The molecule has 14 rings (SSSR count). The molecule has 7 nitrogen and oxygen atoms in total. The van der Waals surface area contributed by atoms with E-state index in [1.165, 1.54) is 21.5 Å². The van der Waals surface area contributed by atoms with Crippen LogP contribution in [0.1, 0.15) is 22.9 Å². The fourth-order valence-corrected chi connectivity index (χ4v) is 11.1. The molecule has 364 valence electrons. The fraction of sp³-hybridized carbons (Fsp3) is 0.0145. The van der Waals surface area contributed by atoms with E-state index in [1.807, 2.05) is 84.9 Å². The van der Waals surface area contributed by atoms with E-state index >= 15 is 0 Å². The smallest absolute Gasteiger partial charge is 0.241 e. The summed E-state index contributed by atoms with van der Waals surface area (Å²) < 4.78 is 17.5. The van der Waals surface area contributed by atoms with Gasteiger partial charge in [0.1, 0.15) is 35.0 Å². The summed E-state index contributed by atoms with van der Waals surface area (Å²) in [4.78, 5) is 10.5. The molecule has 8 heteroatoms. The van der Waals surface area contributed by atoms with Gasteiger partial charge in [0.05, 0.1) is 22.1 Å². The molecule has 0 saturated carbocycles. The van der Waals surface area contributed by atoms with Crippen molar-refractivity contribution in [2.24, 2.45) is 9.98 Å². The molecule has 1 aliphatic rings. The Balaban J connectivity index is 0.937. The molecular formula is C69H48BN5O2. The highest BCUT2D eigenvalue weighted by Crippen LogP contribution is 2.42. The van der Waals surface area contributed by atoms with E-state index in [4.69, 9.17) is 19.5 Å². The summed E-state index contributed by atoms with van der Waals surface area (Å²) in [7, 11) is 0. The summed E-state index contributed by atoms with van der Waals surface area (Å²) >= 11 is 0. The number of aliphatic imine (C=N–C) groups is 2. The topological polar surface area (TPSA) is 65.1 Å². The molecule has 11 aromatic carbocycles. The van der Waals surface area contributed by atoms with Gasteiger partial charge < -0.3 is 23.9 Å². The molecule has 0 radical (unpaired) electrons. The summed E-state index contributed by atoms with van der Waals surface area (Å²) in [5.74, 6) is 4.60. The molecule has 1 atom stereocenters. The van der Waals surface area contributed by atoms with Crippen molar-refractivity contribution in [3.05, 3.63) is 296 Å². The quantitative estimate of drug-likeness (QED) is 0.124. The van der Waals surface area contributed by atoms with Crippen LogP contribution < -0.4 is 31.2 Å². The Hall–Kier alpha value is -10.2. The number of nitrogens with zero attached hydrogens (tertiary/aromatic N) is 4. The maximum absolute atomic E-state index is 6.29. The second-order valence-electron chi connectivity index (χ2n) is 19.3. The van der Waals surface area contributed by atoms with Crippen molar-refractivity contribution in [2.75, 3.05) is 0 Å². The Morgan fingerprint density at radius 2 is 0.818 bits per heavy atom. The number of para-hydroxylation sites is 4. The molecule has 1 aliphatic heterocycles. The van der Waals surface area contributed by atoms with Gasteiger partial charge in [-0.15, -0.1) is 0 Å². The van der Waals surface area contributed by atoms with Crippen molar-refractivity contribution in [3.8, 4) is 34.4 Å². The summed E-state index contributed by atoms with van der Waals surface area (Å²) in [6.07, 6.45) is -0.317. The molecule has 0 aliphatic carbocycles. The zero-order valence-electron chi connectivity index (χ0n) is 41.8. The van der Waals surface area contributed by atoms with Crippen molar-refractivity contribution in [1.82, 2.24) is 14.5 Å². The highest BCUT2D eigenvalue weighted by molar-refractivity contribution is 6.95. The van der Waals surface area contributed by atoms with E-state index in [-0.39, 0.29) is 12.9 Å². The number of hydrogen-bond donors (Lipinski definition) is 1. The normalized spacial score (nSPS) is 13.3. The number of fused-ring (bicyclic) bond motifs is 7. The van der Waals surface area contributed by atoms with Gasteiger partial charge in [-0.2, -0.15) is 0 Å². The van der Waals surface area contributed by atoms with Crippen LogP contribution in [0.3, 0.4) is 0 Å². The molecular weight excluding hydrogens is 942 g/mol. The summed E-state index contributed by atoms with van der Waals surface area (Å²) in [6, 6.07) is 97.4. The highest BCUT2D eigenvalue weighted by Gasteiger charge is 2.26. The van der Waals surface area contributed by atoms with Crippen LogP contribution in [0.2, 0.25) is 0 Å². The molecule has 77 heavy (non-hydrogen) atoms. The van der Waals surface area contributed by atoms with Gasteiger partial charge in [-0.25, -0.2) is 9.98 Å². The van der Waals surface area contributed by atoms with E-state index in [9.17, 15) is 0 Å². The molecule has 0 amide bonds. The summed E-state index contributed by atoms with van der Waals surface area (Å²) in [5.41, 5.74) is 13.0. The third-order valence-electron chi connectivity index (χ3n) is 14.6. The molecule has 0 spiro atoms. The number of benzene rings is 11. The first kappa shape index (κ1) is 45.4. The lowest BCUT2D eigenvalue weighted by Crippen LogP contribution is -2.52. The van der Waals surface area contributed by atoms with Gasteiger partial charge in [0, 0.05) is 44.0 Å². The third kappa shape index (κ3) is 8.58. The van der Waals surface area contributed by atoms with Crippen molar-refractivity contribution < 1.29 is 9.47 Å². The summed E-state index contributed by atoms with van der Waals surface area (Å²) in [6.45, 7) is -0.127. The second-order valence-corrected chi connectivity index (χ2v) is 19.3. The van der Waals surface area contributed by atoms with Crippen LogP contribution in [0.25, 0.3) is 55.0 Å². The van der Waals surface area contributed by atoms with E-state index in [0.29, 0.717) is 5.84 Å². The van der Waals surface area contributed by atoms with Crippen molar-refractivity contribution in [1.29, 1.82) is 0 Å². The van der Waals surface area contributed by atoms with Crippen LogP contribution in [0, 0.1) is 0 Å². The SMILES string of the molecule is c1ccc(Oc2ccc(B(c3ccc(Oc4ccccc4)cc3)c3cccc(-n4c5ccccc5c5ccc6c7ccccc7n(-c7cccc(C8=NC(c9ccccc9)NC(c9ccccc9)=N8)c7)c6c54)c3)cc2)cc1. The molecule has 0 bridgehead atoms. The van der Waals surface area contributed by atoms with Gasteiger partial charge in [0.2, 0.25) is 6.71 Å². The van der Waals surface area contributed by atoms with Crippen LogP contribution in [0.4, 0.5) is 0 Å². The number of rotatable bonds is 12. The predicted octanol–water partition coefficient (Wildman–Crippen LogP) is 14.5. The molecule has 1 unspecified atom stereocenters. The summed E-state index contributed by atoms with van der Waals surface area (Å²) in [5, 5.41) is 8.31. The first-order chi connectivity index (χ1) is 38.2. The average Bonchev–Trinajstić information content (AvgIpc) is 4.10. The maximum atomic E-state index is 6.29. The zero-order valence-corrected chi connectivity index (χ0v) is 41.8. The highest BCUT2D eigenvalue weighted by atomic mass is 16.5. The van der Waals surface area contributed by atoms with E-state index in [2.05, 4.69) is 209 Å². The molecule has 1 N–H and O–H groups in total. The monoisotopic (exact) mass is 989 g/mol. The third-order valence-corrected chi connectivity index (χ3v) is 14.6. The number of aromatic nitrogens is 2. The van der Waals surface area contributed by atoms with Crippen LogP contribution in [-0.2, 0) is 0 Å². The first-order valence-corrected chi connectivity index (χ1v) is 26.0. The molecule has 2 aromatic heterocycles. The Kier molecular flexibility index (Phi) is 11.6. The van der Waals surface area contributed by atoms with Crippen LogP contribution in [0.5, 0.6) is 23.0 Å². The van der Waals surface area contributed by atoms with Gasteiger partial charge in [-0.1, -0.05) is 211 Å². The number of ether oxygens (including phenoxy) is 2. The molecule has 0 fully saturated rings. The van der Waals surface area contributed by atoms with Gasteiger partial charge in [0.25, 0.3) is 0 Å². The number of amidine groups is 2. The van der Waals surface area contributed by atoms with Gasteiger partial charge in [0.15, 0.2) is 5.84 Å². The fourth-order valence-electron chi connectivity index (χ4n) is 11.1. The lowest BCUT2D eigenvalue weighted by atomic mass is 9.37. The number of nitrogens with one attached hydrogen (secondary N) is 1. The standard InChI is InChI=1S/C69H48BN5O2/c1-5-19-47(20-6-1)67-71-68(48-21-7-2-8-22-48)73-69(72-67)49-23-17-25-53(45-49)74-63-33-15-13-31-59(63)61-43-44-62-60-32-14-16-34-64(60)75(66(62)65(61)74)54-26-18-24-52(46-54)70(50-35-39-57(40-36-50)76-55-27-9-3-10-28-55)51-37-41-58(42-38-51)77-56-29-11-4-12-30-56/h1-46,67H,(H,71,72,73). The van der Waals surface area contributed by atoms with Gasteiger partial charge in [-0.3, -0.25) is 0 Å². The second kappa shape index (κ2) is 19.6. The minimum absolute atomic E-state index is 0.127. The van der Waals surface area contributed by atoms with Gasteiger partial charge in [-0.05, 0) is 90.5 Å². The minimum Gasteiger partial charge on any atom is -0.457 e. The van der Waals surface area contributed by atoms with Crippen molar-refractivity contribution in [3.63, 3.8) is 0 Å². The molecule has 3 heterocycles. The zero-order chi connectivity index (χ0) is 51.1. The van der Waals surface area contributed by atoms with Crippen LogP contribution >= 0.6 is 0 Å². The molecule has 0 saturated heterocycles. The Bertz CT molecular complexity index is 4260. The maximum Gasteiger partial charge on any atom is 0.241 e. The Labute approximate surface area is 446 Å². The number of hydrogen-bond acceptors (Lipinski definition) is 5. The first-order valence-electron chi connectivity index (χ1n) is 26.0. The van der Waals surface area contributed by atoms with Crippen LogP contribution in [-0.4, -0.2) is 27.5 Å². The largest absolute Gasteiger partial charge is 0.457 e. The van der Waals surface area contributed by atoms with Gasteiger partial charge >= 0.3 is 0 Å². The predicted molar refractivity (Wildman–Crippen MR) is 318 cm³/mol. The van der Waals surface area contributed by atoms with E-state index in [0.717, 1.165) is 95.4 Å². The van der Waals surface area contributed by atoms with Crippen molar-refractivity contribution in [2.45, 2.75) is 6.17 Å². The average molecular weight is 990 g/mol. The lowest BCUT2D eigenvalue weighted by molar-refractivity contribution is 0.482. The van der Waals surface area contributed by atoms with E-state index < -0.39 is 0 Å². The Morgan fingerprint density at radius 3 is 1.38 bits per heavy atom. The van der Waals surface area contributed by atoms with Crippen molar-refractivity contribution >= 4 is 78.4 Å². The van der Waals surface area contributed by atoms with Crippen LogP contribution in [0.15, 0.2) is 289 Å².